The first kappa shape index (κ1) is 18.3. The summed E-state index contributed by atoms with van der Waals surface area (Å²) in [5.74, 6) is 0.813. The lowest BCUT2D eigenvalue weighted by molar-refractivity contribution is 0.311. The summed E-state index contributed by atoms with van der Waals surface area (Å²) in [5, 5.41) is 8.83. The van der Waals surface area contributed by atoms with Crippen LogP contribution in [-0.4, -0.2) is 0 Å². The minimum absolute atomic E-state index is 0.0733. The van der Waals surface area contributed by atoms with Crippen molar-refractivity contribution in [3.05, 3.63) is 71.8 Å². The van der Waals surface area contributed by atoms with Crippen LogP contribution in [0.25, 0.3) is 11.1 Å². The fraction of sp³-hybridized carbons (Fsp3) is 0.348. The third kappa shape index (κ3) is 4.38. The van der Waals surface area contributed by atoms with Crippen molar-refractivity contribution in [2.75, 3.05) is 0 Å². The smallest absolute Gasteiger partial charge is 0.141 e. The van der Waals surface area contributed by atoms with E-state index in [0.29, 0.717) is 18.2 Å². The highest BCUT2D eigenvalue weighted by atomic mass is 19.1. The van der Waals surface area contributed by atoms with E-state index in [1.54, 1.807) is 12.1 Å². The van der Waals surface area contributed by atoms with Gasteiger partial charge in [-0.3, -0.25) is 0 Å². The molecule has 0 bridgehead atoms. The van der Waals surface area contributed by atoms with Crippen LogP contribution in [0.2, 0.25) is 0 Å². The van der Waals surface area contributed by atoms with Crippen LogP contribution in [0.4, 0.5) is 8.78 Å². The maximum absolute atomic E-state index is 13.8. The van der Waals surface area contributed by atoms with Crippen molar-refractivity contribution in [1.29, 1.82) is 5.26 Å². The first-order chi connectivity index (χ1) is 12.7. The van der Waals surface area contributed by atoms with Gasteiger partial charge in [0.2, 0.25) is 0 Å². The highest BCUT2D eigenvalue weighted by molar-refractivity contribution is 5.64. The summed E-state index contributed by atoms with van der Waals surface area (Å²) in [6, 6.07) is 14.9. The van der Waals surface area contributed by atoms with E-state index in [4.69, 9.17) is 5.26 Å². The first-order valence-electron chi connectivity index (χ1n) is 9.26. The van der Waals surface area contributed by atoms with Gasteiger partial charge >= 0.3 is 0 Å². The molecule has 0 unspecified atom stereocenters. The molecule has 0 N–H and O–H groups in total. The minimum Gasteiger partial charge on any atom is -0.216 e. The van der Waals surface area contributed by atoms with Crippen LogP contribution in [0.5, 0.6) is 0 Å². The van der Waals surface area contributed by atoms with Gasteiger partial charge in [0, 0.05) is 0 Å². The molecule has 2 aromatic carbocycles. The molecule has 26 heavy (non-hydrogen) atoms. The molecule has 0 spiro atoms. The highest BCUT2D eigenvalue weighted by Crippen LogP contribution is 2.38. The summed E-state index contributed by atoms with van der Waals surface area (Å²) < 4.78 is 25.8. The summed E-state index contributed by atoms with van der Waals surface area (Å²) in [6.45, 7) is 0. The van der Waals surface area contributed by atoms with Gasteiger partial charge in [-0.1, -0.05) is 36.4 Å². The Labute approximate surface area is 154 Å². The van der Waals surface area contributed by atoms with Crippen LogP contribution in [0.1, 0.15) is 55.6 Å². The van der Waals surface area contributed by atoms with E-state index >= 15 is 0 Å². The molecule has 1 aliphatic rings. The van der Waals surface area contributed by atoms with E-state index in [1.165, 1.54) is 43.4 Å². The second-order valence-electron chi connectivity index (χ2n) is 7.09. The van der Waals surface area contributed by atoms with E-state index in [0.717, 1.165) is 24.0 Å². The average Bonchev–Trinajstić information content (AvgIpc) is 2.69. The Balaban J connectivity index is 1.62. The molecular weight excluding hydrogens is 328 g/mol. The standard InChI is InChI=1S/C23H23F2N/c24-14-2-1-3-17-4-6-18(7-5-17)19-8-10-20(11-9-19)21-12-13-22(16-26)23(25)15-21/h2,8-15,17-18H,1,3-7H2. The first-order valence-corrected chi connectivity index (χ1v) is 9.26. The highest BCUT2D eigenvalue weighted by Gasteiger charge is 2.21. The molecule has 1 aliphatic carbocycles. The Bertz CT molecular complexity index is 794. The molecular formula is C23H23F2N. The summed E-state index contributed by atoms with van der Waals surface area (Å²) in [6.07, 6.45) is 8.92. The van der Waals surface area contributed by atoms with E-state index in [-0.39, 0.29) is 5.56 Å². The molecule has 0 aliphatic heterocycles. The largest absolute Gasteiger partial charge is 0.216 e. The predicted octanol–water partition coefficient (Wildman–Crippen LogP) is 6.90. The zero-order chi connectivity index (χ0) is 18.4. The van der Waals surface area contributed by atoms with Crippen molar-refractivity contribution in [1.82, 2.24) is 0 Å². The number of nitrogens with zero attached hydrogens (tertiary/aromatic N) is 1. The third-order valence-corrected chi connectivity index (χ3v) is 5.48. The zero-order valence-corrected chi connectivity index (χ0v) is 14.8. The van der Waals surface area contributed by atoms with Crippen LogP contribution >= 0.6 is 0 Å². The van der Waals surface area contributed by atoms with Gasteiger partial charge in [-0.2, -0.15) is 5.26 Å². The van der Waals surface area contributed by atoms with Crippen molar-refractivity contribution in [2.24, 2.45) is 5.92 Å². The summed E-state index contributed by atoms with van der Waals surface area (Å²) in [7, 11) is 0. The number of halogens is 2. The molecule has 0 radical (unpaired) electrons. The minimum atomic E-state index is -0.477. The Hall–Kier alpha value is -2.47. The molecule has 1 nitrogen and oxygen atoms in total. The average molecular weight is 351 g/mol. The number of nitriles is 1. The quantitative estimate of drug-likeness (QED) is 0.574. The van der Waals surface area contributed by atoms with E-state index in [9.17, 15) is 8.78 Å². The van der Waals surface area contributed by atoms with Gasteiger partial charge in [0.25, 0.3) is 0 Å². The molecule has 1 fully saturated rings. The van der Waals surface area contributed by atoms with Crippen LogP contribution in [-0.2, 0) is 0 Å². The lowest BCUT2D eigenvalue weighted by atomic mass is 9.77. The Kier molecular flexibility index (Phi) is 6.17. The van der Waals surface area contributed by atoms with Gasteiger partial charge in [-0.15, -0.1) is 0 Å². The van der Waals surface area contributed by atoms with Gasteiger partial charge in [0.15, 0.2) is 0 Å². The van der Waals surface area contributed by atoms with Crippen molar-refractivity contribution in [3.8, 4) is 17.2 Å². The Morgan fingerprint density at radius 2 is 1.69 bits per heavy atom. The van der Waals surface area contributed by atoms with Crippen molar-refractivity contribution in [2.45, 2.75) is 44.4 Å². The van der Waals surface area contributed by atoms with Gasteiger partial charge in [0.1, 0.15) is 11.9 Å². The number of rotatable bonds is 5. The molecule has 0 heterocycles. The lowest BCUT2D eigenvalue weighted by Gasteiger charge is -2.28. The number of hydrogen-bond acceptors (Lipinski definition) is 1. The molecule has 0 amide bonds. The van der Waals surface area contributed by atoms with Gasteiger partial charge in [0.05, 0.1) is 11.9 Å². The maximum Gasteiger partial charge on any atom is 0.141 e. The van der Waals surface area contributed by atoms with Gasteiger partial charge in [-0.05, 0) is 79.2 Å². The molecule has 134 valence electrons. The summed E-state index contributed by atoms with van der Waals surface area (Å²) in [4.78, 5) is 0. The van der Waals surface area contributed by atoms with Crippen molar-refractivity contribution >= 4 is 0 Å². The van der Waals surface area contributed by atoms with Crippen molar-refractivity contribution < 1.29 is 8.78 Å². The van der Waals surface area contributed by atoms with Gasteiger partial charge < -0.3 is 0 Å². The normalized spacial score (nSPS) is 20.2. The Morgan fingerprint density at radius 3 is 2.31 bits per heavy atom. The molecule has 1 saturated carbocycles. The SMILES string of the molecule is N#Cc1ccc(-c2ccc(C3CCC(CCC=CF)CC3)cc2)cc1F. The van der Waals surface area contributed by atoms with Crippen LogP contribution in [0, 0.1) is 23.1 Å². The number of benzene rings is 2. The van der Waals surface area contributed by atoms with Crippen LogP contribution in [0.15, 0.2) is 54.9 Å². The molecule has 0 atom stereocenters. The van der Waals surface area contributed by atoms with E-state index in [1.807, 2.05) is 18.2 Å². The number of allylic oxidation sites excluding steroid dienone is 1. The lowest BCUT2D eigenvalue weighted by Crippen LogP contribution is -2.13. The van der Waals surface area contributed by atoms with E-state index in [2.05, 4.69) is 12.1 Å². The van der Waals surface area contributed by atoms with E-state index < -0.39 is 5.82 Å². The Morgan fingerprint density at radius 1 is 1.00 bits per heavy atom. The predicted molar refractivity (Wildman–Crippen MR) is 101 cm³/mol. The number of hydrogen-bond donors (Lipinski definition) is 0. The molecule has 3 heteroatoms. The second kappa shape index (κ2) is 8.76. The van der Waals surface area contributed by atoms with Gasteiger partial charge in [-0.25, -0.2) is 8.78 Å². The fourth-order valence-electron chi connectivity index (χ4n) is 3.91. The molecule has 2 aromatic rings. The van der Waals surface area contributed by atoms with Crippen LogP contribution < -0.4 is 0 Å². The van der Waals surface area contributed by atoms with Crippen LogP contribution in [0.3, 0.4) is 0 Å². The topological polar surface area (TPSA) is 23.8 Å². The molecule has 3 rings (SSSR count). The monoisotopic (exact) mass is 351 g/mol. The molecule has 0 saturated heterocycles. The third-order valence-electron chi connectivity index (χ3n) is 5.48. The zero-order valence-electron chi connectivity index (χ0n) is 14.8. The molecule has 0 aromatic heterocycles. The summed E-state index contributed by atoms with van der Waals surface area (Å²) in [5.41, 5.74) is 3.16. The second-order valence-corrected chi connectivity index (χ2v) is 7.09. The fourth-order valence-corrected chi connectivity index (χ4v) is 3.91. The maximum atomic E-state index is 13.8. The van der Waals surface area contributed by atoms with Crippen molar-refractivity contribution in [3.63, 3.8) is 0 Å². The summed E-state index contributed by atoms with van der Waals surface area (Å²) >= 11 is 0.